The first-order valence-electron chi connectivity index (χ1n) is 6.56. The maximum Gasteiger partial charge on any atom is 0.271 e. The standard InChI is InChI=1S/C16H14ClFN2O3/c1-22-14-7-6-10(8-15(14)23-2)16(21)20-19-9-11-12(17)4-3-5-13(11)18/h3-9H,1-2H3,(H,20,21)/b19-9+. The molecule has 1 amide bonds. The van der Waals surface area contributed by atoms with E-state index in [0.717, 1.165) is 6.21 Å². The molecule has 0 fully saturated rings. The van der Waals surface area contributed by atoms with Gasteiger partial charge in [0.05, 0.1) is 25.5 Å². The first kappa shape index (κ1) is 16.8. The number of amides is 1. The number of carbonyl (C=O) groups excluding carboxylic acids is 1. The van der Waals surface area contributed by atoms with Gasteiger partial charge in [-0.1, -0.05) is 17.7 Å². The summed E-state index contributed by atoms with van der Waals surface area (Å²) in [5.41, 5.74) is 2.72. The smallest absolute Gasteiger partial charge is 0.271 e. The van der Waals surface area contributed by atoms with Crippen LogP contribution in [0.25, 0.3) is 0 Å². The van der Waals surface area contributed by atoms with E-state index in [1.54, 1.807) is 12.1 Å². The zero-order valence-corrected chi connectivity index (χ0v) is 13.2. The molecule has 0 aliphatic carbocycles. The molecule has 23 heavy (non-hydrogen) atoms. The van der Waals surface area contributed by atoms with Crippen molar-refractivity contribution in [3.05, 3.63) is 58.4 Å². The lowest BCUT2D eigenvalue weighted by atomic mass is 10.2. The molecule has 0 aliphatic heterocycles. The van der Waals surface area contributed by atoms with E-state index < -0.39 is 11.7 Å². The van der Waals surface area contributed by atoms with Gasteiger partial charge in [-0.25, -0.2) is 9.82 Å². The molecule has 2 rings (SSSR count). The molecule has 0 saturated heterocycles. The van der Waals surface area contributed by atoms with Crippen molar-refractivity contribution in [2.45, 2.75) is 0 Å². The number of rotatable bonds is 5. The fraction of sp³-hybridized carbons (Fsp3) is 0.125. The van der Waals surface area contributed by atoms with E-state index in [4.69, 9.17) is 21.1 Å². The van der Waals surface area contributed by atoms with Crippen molar-refractivity contribution in [3.63, 3.8) is 0 Å². The highest BCUT2D eigenvalue weighted by atomic mass is 35.5. The zero-order valence-electron chi connectivity index (χ0n) is 12.5. The number of benzene rings is 2. The lowest BCUT2D eigenvalue weighted by Crippen LogP contribution is -2.17. The number of methoxy groups -OCH3 is 2. The Morgan fingerprint density at radius 2 is 1.96 bits per heavy atom. The zero-order chi connectivity index (χ0) is 16.8. The van der Waals surface area contributed by atoms with Gasteiger partial charge in [-0.2, -0.15) is 5.10 Å². The van der Waals surface area contributed by atoms with Crippen molar-refractivity contribution >= 4 is 23.7 Å². The highest BCUT2D eigenvalue weighted by Crippen LogP contribution is 2.27. The van der Waals surface area contributed by atoms with E-state index in [0.29, 0.717) is 17.1 Å². The molecule has 5 nitrogen and oxygen atoms in total. The topological polar surface area (TPSA) is 59.9 Å². The molecule has 7 heteroatoms. The number of carbonyl (C=O) groups is 1. The number of hydrazone groups is 1. The highest BCUT2D eigenvalue weighted by molar-refractivity contribution is 6.33. The minimum absolute atomic E-state index is 0.0989. The first-order valence-corrected chi connectivity index (χ1v) is 6.94. The quantitative estimate of drug-likeness (QED) is 0.673. The van der Waals surface area contributed by atoms with Gasteiger partial charge in [-0.3, -0.25) is 4.79 Å². The van der Waals surface area contributed by atoms with Crippen LogP contribution >= 0.6 is 11.6 Å². The van der Waals surface area contributed by atoms with Crippen LogP contribution in [0.4, 0.5) is 4.39 Å². The van der Waals surface area contributed by atoms with Crippen LogP contribution in [0.15, 0.2) is 41.5 Å². The number of nitrogens with zero attached hydrogens (tertiary/aromatic N) is 1. The van der Waals surface area contributed by atoms with Gasteiger partial charge >= 0.3 is 0 Å². The summed E-state index contributed by atoms with van der Waals surface area (Å²) >= 11 is 5.86. The third-order valence-electron chi connectivity index (χ3n) is 3.01. The molecule has 0 atom stereocenters. The highest BCUT2D eigenvalue weighted by Gasteiger charge is 2.10. The fourth-order valence-electron chi connectivity index (χ4n) is 1.83. The van der Waals surface area contributed by atoms with Crippen LogP contribution in [0.2, 0.25) is 5.02 Å². The average molecular weight is 337 g/mol. The van der Waals surface area contributed by atoms with E-state index in [9.17, 15) is 9.18 Å². The maximum atomic E-state index is 13.6. The van der Waals surface area contributed by atoms with E-state index >= 15 is 0 Å². The summed E-state index contributed by atoms with van der Waals surface area (Å²) in [6.07, 6.45) is 1.15. The molecule has 0 saturated carbocycles. The number of halogens is 2. The van der Waals surface area contributed by atoms with E-state index in [1.807, 2.05) is 0 Å². The predicted octanol–water partition coefficient (Wildman–Crippen LogP) is 3.26. The third-order valence-corrected chi connectivity index (χ3v) is 3.33. The molecule has 0 unspecified atom stereocenters. The van der Waals surface area contributed by atoms with Gasteiger partial charge in [0.2, 0.25) is 0 Å². The Morgan fingerprint density at radius 1 is 1.22 bits per heavy atom. The van der Waals surface area contributed by atoms with E-state index in [2.05, 4.69) is 10.5 Å². The van der Waals surface area contributed by atoms with Gasteiger partial charge in [0.1, 0.15) is 5.82 Å². The minimum Gasteiger partial charge on any atom is -0.493 e. The summed E-state index contributed by atoms with van der Waals surface area (Å²) < 4.78 is 23.8. The van der Waals surface area contributed by atoms with Crippen molar-refractivity contribution in [3.8, 4) is 11.5 Å². The third kappa shape index (κ3) is 3.98. The Kier molecular flexibility index (Phi) is 5.54. The number of ether oxygens (including phenoxy) is 2. The predicted molar refractivity (Wildman–Crippen MR) is 86.0 cm³/mol. The fourth-order valence-corrected chi connectivity index (χ4v) is 2.04. The Balaban J connectivity index is 2.12. The van der Waals surface area contributed by atoms with E-state index in [1.165, 1.54) is 38.5 Å². The molecule has 0 spiro atoms. The molecule has 0 aromatic heterocycles. The Bertz CT molecular complexity index is 730. The number of hydrogen-bond donors (Lipinski definition) is 1. The van der Waals surface area contributed by atoms with Gasteiger partial charge in [-0.05, 0) is 30.3 Å². The molecule has 2 aromatic rings. The molecule has 0 aliphatic rings. The van der Waals surface area contributed by atoms with Gasteiger partial charge in [-0.15, -0.1) is 0 Å². The summed E-state index contributed by atoms with van der Waals surface area (Å²) in [4.78, 5) is 12.0. The van der Waals surface area contributed by atoms with Crippen LogP contribution in [-0.4, -0.2) is 26.3 Å². The lowest BCUT2D eigenvalue weighted by Gasteiger charge is -2.08. The normalized spacial score (nSPS) is 10.6. The van der Waals surface area contributed by atoms with Crippen molar-refractivity contribution in [1.82, 2.24) is 5.43 Å². The van der Waals surface area contributed by atoms with Crippen LogP contribution in [0.1, 0.15) is 15.9 Å². The summed E-state index contributed by atoms with van der Waals surface area (Å²) in [5, 5.41) is 3.92. The molecule has 0 heterocycles. The Labute approximate surface area is 137 Å². The van der Waals surface area contributed by atoms with Crippen molar-refractivity contribution in [2.24, 2.45) is 5.10 Å². The number of nitrogens with one attached hydrogen (secondary N) is 1. The molecule has 1 N–H and O–H groups in total. The summed E-state index contributed by atoms with van der Waals surface area (Å²) in [7, 11) is 2.97. The lowest BCUT2D eigenvalue weighted by molar-refractivity contribution is 0.0954. The van der Waals surface area contributed by atoms with Gasteiger partial charge < -0.3 is 9.47 Å². The van der Waals surface area contributed by atoms with Crippen molar-refractivity contribution in [2.75, 3.05) is 14.2 Å². The Hall–Kier alpha value is -2.60. The summed E-state index contributed by atoms with van der Waals surface area (Å²) in [5.74, 6) is -0.0803. The summed E-state index contributed by atoms with van der Waals surface area (Å²) in [6.45, 7) is 0. The van der Waals surface area contributed by atoms with Crippen molar-refractivity contribution in [1.29, 1.82) is 0 Å². The molecular weight excluding hydrogens is 323 g/mol. The molecule has 0 radical (unpaired) electrons. The minimum atomic E-state index is -0.526. The second kappa shape index (κ2) is 7.60. The average Bonchev–Trinajstić information content (AvgIpc) is 2.56. The van der Waals surface area contributed by atoms with Crippen molar-refractivity contribution < 1.29 is 18.7 Å². The van der Waals surface area contributed by atoms with Gasteiger partial charge in [0.25, 0.3) is 5.91 Å². The second-order valence-corrected chi connectivity index (χ2v) is 4.81. The van der Waals surface area contributed by atoms with Crippen LogP contribution in [0.5, 0.6) is 11.5 Å². The van der Waals surface area contributed by atoms with Crippen LogP contribution in [-0.2, 0) is 0 Å². The van der Waals surface area contributed by atoms with E-state index in [-0.39, 0.29) is 10.6 Å². The van der Waals surface area contributed by atoms with Crippen LogP contribution < -0.4 is 14.9 Å². The SMILES string of the molecule is COc1ccc(C(=O)N/N=C/c2c(F)cccc2Cl)cc1OC. The molecule has 0 bridgehead atoms. The van der Waals surface area contributed by atoms with Crippen LogP contribution in [0, 0.1) is 5.82 Å². The first-order chi connectivity index (χ1) is 11.1. The van der Waals surface area contributed by atoms with Gasteiger partial charge in [0, 0.05) is 11.1 Å². The second-order valence-electron chi connectivity index (χ2n) is 4.40. The Morgan fingerprint density at radius 3 is 2.61 bits per heavy atom. The molecule has 2 aromatic carbocycles. The van der Waals surface area contributed by atoms with Gasteiger partial charge in [0.15, 0.2) is 11.5 Å². The molecular formula is C16H14ClFN2O3. The monoisotopic (exact) mass is 336 g/mol. The largest absolute Gasteiger partial charge is 0.493 e. The number of hydrogen-bond acceptors (Lipinski definition) is 4. The summed E-state index contributed by atoms with van der Waals surface area (Å²) in [6, 6.07) is 8.94. The van der Waals surface area contributed by atoms with Crippen LogP contribution in [0.3, 0.4) is 0 Å². The molecule has 120 valence electrons. The maximum absolute atomic E-state index is 13.6.